The molecule has 0 bridgehead atoms. The Hall–Kier alpha value is -4.67. The van der Waals surface area contributed by atoms with Crippen molar-refractivity contribution >= 4 is 34.4 Å². The van der Waals surface area contributed by atoms with Crippen LogP contribution in [0, 0.1) is 0 Å². The number of fused-ring (bicyclic) bond motifs is 3. The first-order chi connectivity index (χ1) is 22.0. The molecule has 0 spiro atoms. The molecule has 0 aliphatic carbocycles. The molecule has 0 atom stereocenters. The zero-order chi connectivity index (χ0) is 32.2. The quantitative estimate of drug-likeness (QED) is 0.199. The van der Waals surface area contributed by atoms with E-state index in [0.717, 1.165) is 49.8 Å². The third-order valence-corrected chi connectivity index (χ3v) is 9.34. The normalized spacial score (nSPS) is 12.2. The highest BCUT2D eigenvalue weighted by atomic mass is 32.1. The number of para-hydroxylation sites is 1. The number of nitrogens with zero attached hydrogens (tertiary/aromatic N) is 3. The van der Waals surface area contributed by atoms with E-state index < -0.39 is 0 Å². The van der Waals surface area contributed by atoms with Crippen LogP contribution in [0.15, 0.2) is 126 Å². The first-order valence-electron chi connectivity index (χ1n) is 15.9. The molecule has 0 saturated heterocycles. The lowest BCUT2D eigenvalue weighted by Crippen LogP contribution is -2.17. The van der Waals surface area contributed by atoms with Gasteiger partial charge in [0.1, 0.15) is 5.82 Å². The SMILES string of the molecule is CC(C)(C)c1cc(-c2cccc(-n3c4ccccc4c4ccc(-c5cc(-c6ccccc6)ccn5)cc43)n2)c(S)c(C(C)(C)C)c1. The van der Waals surface area contributed by atoms with Gasteiger partial charge in [-0.25, -0.2) is 4.98 Å². The molecule has 0 aliphatic rings. The number of benzene rings is 4. The lowest BCUT2D eigenvalue weighted by atomic mass is 9.79. The van der Waals surface area contributed by atoms with Gasteiger partial charge in [0, 0.05) is 33.0 Å². The maximum Gasteiger partial charge on any atom is 0.138 e. The molecule has 46 heavy (non-hydrogen) atoms. The molecule has 0 saturated carbocycles. The molecule has 3 aromatic heterocycles. The van der Waals surface area contributed by atoms with Crippen LogP contribution in [0.4, 0.5) is 0 Å². The zero-order valence-electron chi connectivity index (χ0n) is 27.3. The van der Waals surface area contributed by atoms with Crippen LogP contribution < -0.4 is 0 Å². The monoisotopic (exact) mass is 617 g/mol. The number of pyridine rings is 2. The number of thiol groups is 1. The Kier molecular flexibility index (Phi) is 7.37. The maximum absolute atomic E-state index is 5.35. The Balaban J connectivity index is 1.42. The summed E-state index contributed by atoms with van der Waals surface area (Å²) in [4.78, 5) is 11.1. The van der Waals surface area contributed by atoms with Crippen molar-refractivity contribution in [1.82, 2.24) is 14.5 Å². The molecule has 4 heteroatoms. The van der Waals surface area contributed by atoms with Gasteiger partial charge >= 0.3 is 0 Å². The zero-order valence-corrected chi connectivity index (χ0v) is 28.2. The topological polar surface area (TPSA) is 30.7 Å². The van der Waals surface area contributed by atoms with E-state index in [9.17, 15) is 0 Å². The van der Waals surface area contributed by atoms with Crippen molar-refractivity contribution in [1.29, 1.82) is 0 Å². The van der Waals surface area contributed by atoms with Crippen LogP contribution in [0.3, 0.4) is 0 Å². The summed E-state index contributed by atoms with van der Waals surface area (Å²) < 4.78 is 2.29. The summed E-state index contributed by atoms with van der Waals surface area (Å²) >= 11 is 5.12. The summed E-state index contributed by atoms with van der Waals surface area (Å²) in [5, 5.41) is 2.38. The maximum atomic E-state index is 5.35. The Bertz CT molecular complexity index is 2230. The van der Waals surface area contributed by atoms with E-state index in [4.69, 9.17) is 22.6 Å². The average Bonchev–Trinajstić information content (AvgIpc) is 3.38. The van der Waals surface area contributed by atoms with E-state index in [1.807, 2.05) is 12.3 Å². The van der Waals surface area contributed by atoms with Crippen LogP contribution >= 0.6 is 12.6 Å². The summed E-state index contributed by atoms with van der Waals surface area (Å²) in [6.07, 6.45) is 1.90. The number of hydrogen-bond donors (Lipinski definition) is 1. The van der Waals surface area contributed by atoms with Crippen molar-refractivity contribution in [2.75, 3.05) is 0 Å². The highest BCUT2D eigenvalue weighted by molar-refractivity contribution is 7.80. The Labute approximate surface area is 277 Å². The summed E-state index contributed by atoms with van der Waals surface area (Å²) in [7, 11) is 0. The molecule has 0 amide bonds. The van der Waals surface area contributed by atoms with Gasteiger partial charge in [0.25, 0.3) is 0 Å². The van der Waals surface area contributed by atoms with Crippen LogP contribution in [0.5, 0.6) is 0 Å². The van der Waals surface area contributed by atoms with E-state index in [2.05, 4.69) is 155 Å². The molecule has 7 rings (SSSR count). The van der Waals surface area contributed by atoms with Gasteiger partial charge in [0.2, 0.25) is 0 Å². The summed E-state index contributed by atoms with van der Waals surface area (Å²) in [6, 6.07) is 40.9. The lowest BCUT2D eigenvalue weighted by molar-refractivity contribution is 0.560. The third-order valence-electron chi connectivity index (χ3n) is 8.86. The van der Waals surface area contributed by atoms with Crippen LogP contribution in [0.2, 0.25) is 0 Å². The van der Waals surface area contributed by atoms with Crippen molar-refractivity contribution in [2.24, 2.45) is 0 Å². The fraction of sp³-hybridized carbons (Fsp3) is 0.190. The van der Waals surface area contributed by atoms with Crippen LogP contribution in [0.1, 0.15) is 52.7 Å². The first kappa shape index (κ1) is 30.0. The molecule has 0 unspecified atom stereocenters. The molecule has 0 fully saturated rings. The molecule has 7 aromatic rings. The minimum absolute atomic E-state index is 0.0110. The molecule has 0 aliphatic heterocycles. The first-order valence-corrected chi connectivity index (χ1v) is 16.3. The van der Waals surface area contributed by atoms with Crippen molar-refractivity contribution in [3.63, 3.8) is 0 Å². The van der Waals surface area contributed by atoms with Gasteiger partial charge in [-0.1, -0.05) is 114 Å². The largest absolute Gasteiger partial charge is 0.294 e. The summed E-state index contributed by atoms with van der Waals surface area (Å²) in [6.45, 7) is 13.6. The van der Waals surface area contributed by atoms with Gasteiger partial charge in [-0.2, -0.15) is 0 Å². The number of aromatic nitrogens is 3. The van der Waals surface area contributed by atoms with E-state index in [0.29, 0.717) is 0 Å². The van der Waals surface area contributed by atoms with E-state index >= 15 is 0 Å². The molecule has 0 radical (unpaired) electrons. The summed E-state index contributed by atoms with van der Waals surface area (Å²) in [5.74, 6) is 0.873. The van der Waals surface area contributed by atoms with Crippen molar-refractivity contribution < 1.29 is 0 Å². The predicted octanol–water partition coefficient (Wildman–Crippen LogP) is 11.5. The van der Waals surface area contributed by atoms with Crippen molar-refractivity contribution in [3.05, 3.63) is 133 Å². The van der Waals surface area contributed by atoms with E-state index in [1.54, 1.807) is 0 Å². The van der Waals surface area contributed by atoms with Crippen molar-refractivity contribution in [3.8, 4) is 39.5 Å². The fourth-order valence-electron chi connectivity index (χ4n) is 6.31. The smallest absolute Gasteiger partial charge is 0.138 e. The van der Waals surface area contributed by atoms with Crippen molar-refractivity contribution in [2.45, 2.75) is 57.3 Å². The standard InChI is InChI=1S/C42H39N3S/c1-41(2,3)30-25-33(40(46)34(26-30)42(4,5)6)35-16-12-18-39(44-35)45-37-17-11-10-15-31(37)32-20-19-29(24-38(32)45)36-23-28(21-22-43-36)27-13-8-7-9-14-27/h7-26,46H,1-6H3. The van der Waals surface area contributed by atoms with Crippen LogP contribution in [0.25, 0.3) is 61.3 Å². The average molecular weight is 618 g/mol. The predicted molar refractivity (Wildman–Crippen MR) is 197 cm³/mol. The van der Waals surface area contributed by atoms with Gasteiger partial charge < -0.3 is 0 Å². The Morgan fingerprint density at radius 1 is 0.565 bits per heavy atom. The number of hydrogen-bond acceptors (Lipinski definition) is 3. The molecule has 4 aromatic carbocycles. The van der Waals surface area contributed by atoms with Gasteiger partial charge in [0.15, 0.2) is 0 Å². The van der Waals surface area contributed by atoms with Gasteiger partial charge in [-0.3, -0.25) is 9.55 Å². The number of rotatable bonds is 4. The third kappa shape index (κ3) is 5.41. The molecular formula is C42H39N3S. The van der Waals surface area contributed by atoms with Gasteiger partial charge in [0.05, 0.1) is 22.4 Å². The highest BCUT2D eigenvalue weighted by Gasteiger charge is 2.25. The summed E-state index contributed by atoms with van der Waals surface area (Å²) in [5.41, 5.74) is 11.0. The van der Waals surface area contributed by atoms with E-state index in [1.165, 1.54) is 27.5 Å². The van der Waals surface area contributed by atoms with Crippen LogP contribution in [-0.2, 0) is 10.8 Å². The Morgan fingerprint density at radius 2 is 1.30 bits per heavy atom. The second-order valence-corrected chi connectivity index (χ2v) is 14.6. The van der Waals surface area contributed by atoms with Gasteiger partial charge in [-0.15, -0.1) is 12.6 Å². The minimum atomic E-state index is -0.0558. The second-order valence-electron chi connectivity index (χ2n) is 14.2. The molecular weight excluding hydrogens is 579 g/mol. The van der Waals surface area contributed by atoms with Gasteiger partial charge in [-0.05, 0) is 75.5 Å². The van der Waals surface area contributed by atoms with Crippen LogP contribution in [-0.4, -0.2) is 14.5 Å². The molecule has 0 N–H and O–H groups in total. The minimum Gasteiger partial charge on any atom is -0.294 e. The second kappa shape index (κ2) is 11.3. The highest BCUT2D eigenvalue weighted by Crippen LogP contribution is 2.40. The molecule has 228 valence electrons. The molecule has 3 heterocycles. The van der Waals surface area contributed by atoms with E-state index in [-0.39, 0.29) is 10.8 Å². The fourth-order valence-corrected chi connectivity index (χ4v) is 6.89. The Morgan fingerprint density at radius 3 is 2.07 bits per heavy atom. The molecule has 3 nitrogen and oxygen atoms in total. The lowest BCUT2D eigenvalue weighted by Gasteiger charge is -2.28.